The third-order valence-electron chi connectivity index (χ3n) is 1.52. The first-order valence-corrected chi connectivity index (χ1v) is 3.55. The van der Waals surface area contributed by atoms with Crippen LogP contribution in [0.5, 0.6) is 0 Å². The van der Waals surface area contributed by atoms with Crippen LogP contribution in [-0.2, 0) is 0 Å². The molecule has 0 heterocycles. The lowest BCUT2D eigenvalue weighted by Crippen LogP contribution is -2.01. The molecule has 0 N–H and O–H groups in total. The van der Waals surface area contributed by atoms with Gasteiger partial charge in [-0.3, -0.25) is 4.99 Å². The van der Waals surface area contributed by atoms with E-state index in [1.807, 2.05) is 18.2 Å². The van der Waals surface area contributed by atoms with Gasteiger partial charge in [-0.15, -0.1) is 0 Å². The van der Waals surface area contributed by atoms with E-state index >= 15 is 0 Å². The Hall–Kier alpha value is -1.37. The summed E-state index contributed by atoms with van der Waals surface area (Å²) < 4.78 is 0. The van der Waals surface area contributed by atoms with Crippen molar-refractivity contribution < 1.29 is 0 Å². The number of hydrogen-bond acceptors (Lipinski definition) is 1. The molecule has 0 aliphatic heterocycles. The summed E-state index contributed by atoms with van der Waals surface area (Å²) in [4.78, 5) is 4.13. The topological polar surface area (TPSA) is 12.4 Å². The molecule has 56 valence electrons. The van der Waals surface area contributed by atoms with Gasteiger partial charge in [-0.2, -0.15) is 0 Å². The lowest BCUT2D eigenvalue weighted by molar-refractivity contribution is 1.37. The van der Waals surface area contributed by atoms with Crippen molar-refractivity contribution >= 4 is 5.71 Å². The Morgan fingerprint density at radius 3 is 2.91 bits per heavy atom. The monoisotopic (exact) mass is 145 g/mol. The number of allylic oxidation sites excluding steroid dienone is 5. The first kappa shape index (κ1) is 7.73. The highest BCUT2D eigenvalue weighted by molar-refractivity contribution is 6.04. The lowest BCUT2D eigenvalue weighted by atomic mass is 10.0. The lowest BCUT2D eigenvalue weighted by Gasteiger charge is -2.06. The van der Waals surface area contributed by atoms with E-state index < -0.39 is 0 Å². The van der Waals surface area contributed by atoms with Crippen molar-refractivity contribution in [3.05, 3.63) is 49.2 Å². The summed E-state index contributed by atoms with van der Waals surface area (Å²) in [7, 11) is 0. The molecule has 0 radical (unpaired) electrons. The molecule has 11 heavy (non-hydrogen) atoms. The minimum atomic E-state index is 0.879. The summed E-state index contributed by atoms with van der Waals surface area (Å²) in [6.45, 7) is 7.25. The zero-order valence-electron chi connectivity index (χ0n) is 6.46. The third kappa shape index (κ3) is 1.77. The van der Waals surface area contributed by atoms with Crippen LogP contribution in [0, 0.1) is 0 Å². The Balaban J connectivity index is 2.92. The first-order chi connectivity index (χ1) is 5.38. The van der Waals surface area contributed by atoms with Gasteiger partial charge in [0.15, 0.2) is 0 Å². The van der Waals surface area contributed by atoms with Gasteiger partial charge in [0.1, 0.15) is 0 Å². The maximum absolute atomic E-state index is 4.13. The van der Waals surface area contributed by atoms with Gasteiger partial charge in [0, 0.05) is 12.6 Å². The van der Waals surface area contributed by atoms with Crippen molar-refractivity contribution in [2.24, 2.45) is 4.99 Å². The Morgan fingerprint density at radius 2 is 2.27 bits per heavy atom. The molecule has 0 atom stereocenters. The molecule has 1 nitrogen and oxygen atoms in total. The summed E-state index contributed by atoms with van der Waals surface area (Å²) >= 11 is 0. The average molecular weight is 145 g/mol. The molecule has 1 heteroatoms. The van der Waals surface area contributed by atoms with E-state index in [0.29, 0.717) is 0 Å². The molecular formula is C10H11N. The fourth-order valence-corrected chi connectivity index (χ4v) is 0.989. The predicted molar refractivity (Wildman–Crippen MR) is 49.7 cm³/mol. The first-order valence-electron chi connectivity index (χ1n) is 3.55. The fraction of sp³-hybridized carbons (Fsp3) is 0.100. The third-order valence-corrected chi connectivity index (χ3v) is 1.52. The summed E-state index contributed by atoms with van der Waals surface area (Å²) in [6, 6.07) is 0. The summed E-state index contributed by atoms with van der Waals surface area (Å²) in [5.41, 5.74) is 2.13. The second-order valence-corrected chi connectivity index (χ2v) is 2.22. The van der Waals surface area contributed by atoms with Crippen molar-refractivity contribution in [3.63, 3.8) is 0 Å². The van der Waals surface area contributed by atoms with Crippen molar-refractivity contribution in [3.8, 4) is 0 Å². The molecule has 0 fully saturated rings. The normalized spacial score (nSPS) is 19.6. The zero-order chi connectivity index (χ0) is 8.10. The van der Waals surface area contributed by atoms with Gasteiger partial charge in [0.25, 0.3) is 0 Å². The maximum atomic E-state index is 4.13. The van der Waals surface area contributed by atoms with Gasteiger partial charge in [0.2, 0.25) is 0 Å². The zero-order valence-corrected chi connectivity index (χ0v) is 6.46. The Morgan fingerprint density at radius 1 is 1.45 bits per heavy atom. The Kier molecular flexibility index (Phi) is 2.61. The highest BCUT2D eigenvalue weighted by Gasteiger charge is 2.02. The van der Waals surface area contributed by atoms with Gasteiger partial charge in [-0.1, -0.05) is 37.5 Å². The predicted octanol–water partition coefficient (Wildman–Crippen LogP) is 2.64. The number of hydrogen-bond donors (Lipinski definition) is 0. The highest BCUT2D eigenvalue weighted by Crippen LogP contribution is 2.10. The van der Waals surface area contributed by atoms with Crippen LogP contribution in [0.4, 0.5) is 0 Å². The van der Waals surface area contributed by atoms with Crippen LogP contribution in [-0.4, -0.2) is 5.71 Å². The highest BCUT2D eigenvalue weighted by atomic mass is 14.7. The molecule has 0 saturated carbocycles. The summed E-state index contributed by atoms with van der Waals surface area (Å²) in [5, 5.41) is 0. The van der Waals surface area contributed by atoms with Gasteiger partial charge in [-0.25, -0.2) is 0 Å². The van der Waals surface area contributed by atoms with Crippen LogP contribution in [0.1, 0.15) is 6.42 Å². The maximum Gasteiger partial charge on any atom is 0.0513 e. The van der Waals surface area contributed by atoms with Crippen molar-refractivity contribution in [2.75, 3.05) is 0 Å². The van der Waals surface area contributed by atoms with Crippen LogP contribution in [0.15, 0.2) is 54.2 Å². The van der Waals surface area contributed by atoms with E-state index in [9.17, 15) is 0 Å². The fourth-order valence-electron chi connectivity index (χ4n) is 0.989. The number of nitrogens with zero attached hydrogens (tertiary/aromatic N) is 1. The standard InChI is InChI=1S/C10H11N/c1-3-9-7-5-6-8-10(9)11-4-2/h3-7H,1-2,8H2/b11-10-. The second kappa shape index (κ2) is 3.71. The minimum Gasteiger partial charge on any atom is -0.261 e. The molecule has 0 spiro atoms. The Bertz CT molecular complexity index is 254. The van der Waals surface area contributed by atoms with Crippen molar-refractivity contribution in [1.29, 1.82) is 0 Å². The van der Waals surface area contributed by atoms with Crippen LogP contribution >= 0.6 is 0 Å². The molecule has 0 aromatic heterocycles. The number of aliphatic imine (C=N–C) groups is 1. The molecule has 1 aliphatic rings. The van der Waals surface area contributed by atoms with Crippen molar-refractivity contribution in [1.82, 2.24) is 0 Å². The largest absolute Gasteiger partial charge is 0.261 e. The van der Waals surface area contributed by atoms with Gasteiger partial charge < -0.3 is 0 Å². The molecule has 0 aromatic carbocycles. The van der Waals surface area contributed by atoms with Crippen LogP contribution < -0.4 is 0 Å². The molecule has 0 bridgehead atoms. The van der Waals surface area contributed by atoms with Crippen LogP contribution in [0.25, 0.3) is 0 Å². The van der Waals surface area contributed by atoms with E-state index in [4.69, 9.17) is 0 Å². The molecule has 1 rings (SSSR count). The van der Waals surface area contributed by atoms with Gasteiger partial charge in [-0.05, 0) is 5.57 Å². The molecule has 0 unspecified atom stereocenters. The SMILES string of the molecule is C=C/N=C1/CC=CC=C1C=C. The smallest absolute Gasteiger partial charge is 0.0513 e. The van der Waals surface area contributed by atoms with Crippen molar-refractivity contribution in [2.45, 2.75) is 6.42 Å². The second-order valence-electron chi connectivity index (χ2n) is 2.22. The van der Waals surface area contributed by atoms with Crippen LogP contribution in [0.2, 0.25) is 0 Å². The van der Waals surface area contributed by atoms with E-state index in [1.54, 1.807) is 6.20 Å². The molecular weight excluding hydrogens is 134 g/mol. The van der Waals surface area contributed by atoms with E-state index in [1.165, 1.54) is 0 Å². The van der Waals surface area contributed by atoms with E-state index in [-0.39, 0.29) is 0 Å². The Labute approximate surface area is 67.2 Å². The van der Waals surface area contributed by atoms with E-state index in [0.717, 1.165) is 17.7 Å². The van der Waals surface area contributed by atoms with Crippen LogP contribution in [0.3, 0.4) is 0 Å². The molecule has 0 saturated heterocycles. The molecule has 0 aromatic rings. The van der Waals surface area contributed by atoms with E-state index in [2.05, 4.69) is 24.2 Å². The molecule has 0 amide bonds. The summed E-state index contributed by atoms with van der Waals surface area (Å²) in [5.74, 6) is 0. The average Bonchev–Trinajstić information content (AvgIpc) is 2.06. The quantitative estimate of drug-likeness (QED) is 0.566. The number of rotatable bonds is 2. The summed E-state index contributed by atoms with van der Waals surface area (Å²) in [6.07, 6.45) is 10.3. The van der Waals surface area contributed by atoms with Gasteiger partial charge >= 0.3 is 0 Å². The minimum absolute atomic E-state index is 0.879. The van der Waals surface area contributed by atoms with Gasteiger partial charge in [0.05, 0.1) is 5.71 Å². The molecule has 1 aliphatic carbocycles.